The number of ether oxygens (including phenoxy) is 1. The highest BCUT2D eigenvalue weighted by molar-refractivity contribution is 5.88. The molecule has 31 heavy (non-hydrogen) atoms. The predicted octanol–water partition coefficient (Wildman–Crippen LogP) is 2.74. The van der Waals surface area contributed by atoms with Gasteiger partial charge in [0.05, 0.1) is 13.2 Å². The van der Waals surface area contributed by atoms with Crippen LogP contribution in [0.15, 0.2) is 54.6 Å². The molecule has 2 aromatic carbocycles. The molecule has 2 atom stereocenters. The molecule has 0 radical (unpaired) electrons. The van der Waals surface area contributed by atoms with Gasteiger partial charge in [0.1, 0.15) is 11.8 Å². The topological polar surface area (TPSA) is 95.9 Å². The van der Waals surface area contributed by atoms with Crippen LogP contribution in [0.1, 0.15) is 36.3 Å². The van der Waals surface area contributed by atoms with Crippen molar-refractivity contribution in [2.24, 2.45) is 0 Å². The molecular weight excluding hydrogens is 396 g/mol. The number of carbonyl (C=O) groups is 3. The van der Waals surface area contributed by atoms with Gasteiger partial charge in [0.15, 0.2) is 0 Å². The summed E-state index contributed by atoms with van der Waals surface area (Å²) in [6.07, 6.45) is 1.12. The molecule has 164 valence electrons. The molecular formula is C24H28N2O5. The molecule has 1 saturated heterocycles. The summed E-state index contributed by atoms with van der Waals surface area (Å²) in [5.74, 6) is -0.940. The first-order valence-electron chi connectivity index (χ1n) is 10.5. The normalized spacial score (nSPS) is 17.9. The van der Waals surface area contributed by atoms with E-state index >= 15 is 0 Å². The number of nitrogens with zero attached hydrogens (tertiary/aromatic N) is 1. The molecule has 0 spiro atoms. The van der Waals surface area contributed by atoms with Gasteiger partial charge in [-0.05, 0) is 43.0 Å². The lowest BCUT2D eigenvalue weighted by molar-refractivity contribution is -0.148. The van der Waals surface area contributed by atoms with Gasteiger partial charge in [-0.15, -0.1) is 0 Å². The van der Waals surface area contributed by atoms with Crippen LogP contribution in [0.2, 0.25) is 0 Å². The Morgan fingerprint density at radius 3 is 2.52 bits per heavy atom. The van der Waals surface area contributed by atoms with Crippen molar-refractivity contribution in [2.75, 3.05) is 19.7 Å². The van der Waals surface area contributed by atoms with E-state index in [0.29, 0.717) is 26.0 Å². The molecule has 7 nitrogen and oxygen atoms in total. The van der Waals surface area contributed by atoms with Crippen molar-refractivity contribution in [3.63, 3.8) is 0 Å². The van der Waals surface area contributed by atoms with E-state index in [1.54, 1.807) is 0 Å². The van der Waals surface area contributed by atoms with E-state index in [0.717, 1.165) is 16.9 Å². The quantitative estimate of drug-likeness (QED) is 0.604. The summed E-state index contributed by atoms with van der Waals surface area (Å²) in [4.78, 5) is 37.8. The summed E-state index contributed by atoms with van der Waals surface area (Å²) in [6.45, 7) is 2.51. The van der Waals surface area contributed by atoms with Crippen molar-refractivity contribution in [1.29, 1.82) is 0 Å². The minimum Gasteiger partial charge on any atom is -0.494 e. The second-order valence-corrected chi connectivity index (χ2v) is 7.73. The van der Waals surface area contributed by atoms with E-state index < -0.39 is 12.0 Å². The Morgan fingerprint density at radius 2 is 1.81 bits per heavy atom. The first-order chi connectivity index (χ1) is 15.0. The number of amides is 2. The third kappa shape index (κ3) is 6.07. The van der Waals surface area contributed by atoms with Gasteiger partial charge in [-0.1, -0.05) is 42.5 Å². The van der Waals surface area contributed by atoms with E-state index in [9.17, 15) is 19.5 Å². The largest absolute Gasteiger partial charge is 0.494 e. The molecule has 2 aromatic rings. The van der Waals surface area contributed by atoms with Crippen molar-refractivity contribution in [2.45, 2.75) is 38.1 Å². The van der Waals surface area contributed by atoms with Crippen LogP contribution < -0.4 is 10.1 Å². The number of benzene rings is 2. The highest BCUT2D eigenvalue weighted by atomic mass is 16.5. The first kappa shape index (κ1) is 22.3. The molecule has 2 N–H and O–H groups in total. The summed E-state index contributed by atoms with van der Waals surface area (Å²) in [5, 5.41) is 12.2. The van der Waals surface area contributed by atoms with Crippen molar-refractivity contribution >= 4 is 17.8 Å². The second kappa shape index (κ2) is 10.6. The zero-order valence-electron chi connectivity index (χ0n) is 17.6. The van der Waals surface area contributed by atoms with E-state index in [4.69, 9.17) is 4.74 Å². The number of hydrogen-bond donors (Lipinski definition) is 2. The smallest absolute Gasteiger partial charge is 0.326 e. The number of likely N-dealkylation sites (tertiary alicyclic amines) is 1. The van der Waals surface area contributed by atoms with Crippen LogP contribution in [0.25, 0.3) is 0 Å². The van der Waals surface area contributed by atoms with Crippen molar-refractivity contribution < 1.29 is 24.2 Å². The standard InChI is InChI=1S/C24H28N2O5/c1-17-8-5-6-11-20(17)18-14-21(24(29)30)26(16-18)23(28)15-25-22(27)12-7-13-31-19-9-3-2-4-10-19/h2-6,8-11,18,21H,7,12-16H2,1H3,(H,25,27)(H,29,30)/t18-,21-/m0/s1. The second-order valence-electron chi connectivity index (χ2n) is 7.73. The summed E-state index contributed by atoms with van der Waals surface area (Å²) >= 11 is 0. The van der Waals surface area contributed by atoms with Gasteiger partial charge in [0, 0.05) is 18.9 Å². The van der Waals surface area contributed by atoms with Crippen LogP contribution in [0.4, 0.5) is 0 Å². The molecule has 0 bridgehead atoms. The molecule has 0 aliphatic carbocycles. The fourth-order valence-corrected chi connectivity index (χ4v) is 3.92. The number of carboxylic acid groups (broad SMARTS) is 1. The number of nitrogens with one attached hydrogen (secondary N) is 1. The van der Waals surface area contributed by atoms with Gasteiger partial charge in [-0.2, -0.15) is 0 Å². The Labute approximate surface area is 182 Å². The number of rotatable bonds is 9. The maximum absolute atomic E-state index is 12.7. The molecule has 1 aliphatic rings. The maximum Gasteiger partial charge on any atom is 0.326 e. The minimum atomic E-state index is -1.02. The lowest BCUT2D eigenvalue weighted by Crippen LogP contribution is -2.45. The molecule has 0 unspecified atom stereocenters. The summed E-state index contributed by atoms with van der Waals surface area (Å²) < 4.78 is 5.55. The summed E-state index contributed by atoms with van der Waals surface area (Å²) in [7, 11) is 0. The van der Waals surface area contributed by atoms with Gasteiger partial charge in [0.2, 0.25) is 11.8 Å². The number of aryl methyl sites for hydroxylation is 1. The first-order valence-corrected chi connectivity index (χ1v) is 10.5. The molecule has 3 rings (SSSR count). The Kier molecular flexibility index (Phi) is 7.65. The fourth-order valence-electron chi connectivity index (χ4n) is 3.92. The van der Waals surface area contributed by atoms with Crippen LogP contribution in [-0.2, 0) is 14.4 Å². The van der Waals surface area contributed by atoms with E-state index in [2.05, 4.69) is 5.32 Å². The average molecular weight is 424 g/mol. The number of aliphatic carboxylic acids is 1. The van der Waals surface area contributed by atoms with Crippen molar-refractivity contribution in [3.8, 4) is 5.75 Å². The monoisotopic (exact) mass is 424 g/mol. The van der Waals surface area contributed by atoms with E-state index in [1.165, 1.54) is 4.90 Å². The van der Waals surface area contributed by atoms with Crippen molar-refractivity contribution in [1.82, 2.24) is 10.2 Å². The van der Waals surface area contributed by atoms with Gasteiger partial charge in [-0.3, -0.25) is 9.59 Å². The molecule has 1 heterocycles. The predicted molar refractivity (Wildman–Crippen MR) is 116 cm³/mol. The van der Waals surface area contributed by atoms with Crippen LogP contribution in [0, 0.1) is 6.92 Å². The third-order valence-electron chi connectivity index (χ3n) is 5.53. The zero-order chi connectivity index (χ0) is 22.2. The molecule has 2 amide bonds. The number of para-hydroxylation sites is 1. The third-order valence-corrected chi connectivity index (χ3v) is 5.53. The number of carboxylic acids is 1. The highest BCUT2D eigenvalue weighted by Gasteiger charge is 2.40. The Bertz CT molecular complexity index is 915. The van der Waals surface area contributed by atoms with Gasteiger partial charge in [0.25, 0.3) is 0 Å². The summed E-state index contributed by atoms with van der Waals surface area (Å²) in [5.41, 5.74) is 2.14. The Balaban J connectivity index is 1.46. The van der Waals surface area contributed by atoms with Gasteiger partial charge < -0.3 is 20.1 Å². The Hall–Kier alpha value is -3.35. The van der Waals surface area contributed by atoms with Gasteiger partial charge in [-0.25, -0.2) is 4.79 Å². The van der Waals surface area contributed by atoms with Crippen LogP contribution in [0.5, 0.6) is 5.75 Å². The SMILES string of the molecule is Cc1ccccc1[C@H]1C[C@@H](C(=O)O)N(C(=O)CNC(=O)CCCOc2ccccc2)C1. The lowest BCUT2D eigenvalue weighted by Gasteiger charge is -2.21. The van der Waals surface area contributed by atoms with Crippen LogP contribution >= 0.6 is 0 Å². The average Bonchev–Trinajstić information content (AvgIpc) is 3.22. The Morgan fingerprint density at radius 1 is 1.10 bits per heavy atom. The molecule has 0 saturated carbocycles. The maximum atomic E-state index is 12.7. The minimum absolute atomic E-state index is 0.0305. The van der Waals surface area contributed by atoms with Crippen molar-refractivity contribution in [3.05, 3.63) is 65.7 Å². The van der Waals surface area contributed by atoms with Crippen LogP contribution in [-0.4, -0.2) is 53.5 Å². The van der Waals surface area contributed by atoms with Gasteiger partial charge >= 0.3 is 5.97 Å². The van der Waals surface area contributed by atoms with Crippen LogP contribution in [0.3, 0.4) is 0 Å². The molecule has 0 aromatic heterocycles. The van der Waals surface area contributed by atoms with E-state index in [-0.39, 0.29) is 30.7 Å². The number of carbonyl (C=O) groups excluding carboxylic acids is 2. The summed E-state index contributed by atoms with van der Waals surface area (Å²) in [6, 6.07) is 16.3. The molecule has 7 heteroatoms. The molecule has 1 aliphatic heterocycles. The van der Waals surface area contributed by atoms with E-state index in [1.807, 2.05) is 61.5 Å². The fraction of sp³-hybridized carbons (Fsp3) is 0.375. The lowest BCUT2D eigenvalue weighted by atomic mass is 9.93. The molecule has 1 fully saturated rings. The number of hydrogen-bond acceptors (Lipinski definition) is 4. The zero-order valence-corrected chi connectivity index (χ0v) is 17.6. The highest BCUT2D eigenvalue weighted by Crippen LogP contribution is 2.33.